The minimum absolute atomic E-state index is 0.147. The average molecular weight is 366 g/mol. The molecule has 3 amide bonds. The highest BCUT2D eigenvalue weighted by atomic mass is 16.2. The van der Waals surface area contributed by atoms with Gasteiger partial charge in [0.2, 0.25) is 5.91 Å². The Balaban J connectivity index is 2.84. The molecule has 0 spiro atoms. The van der Waals surface area contributed by atoms with Crippen LogP contribution in [-0.2, 0) is 14.4 Å². The van der Waals surface area contributed by atoms with Gasteiger partial charge in [0.05, 0.1) is 0 Å². The van der Waals surface area contributed by atoms with E-state index in [-0.39, 0.29) is 23.5 Å². The first kappa shape index (κ1) is 22.3. The van der Waals surface area contributed by atoms with Crippen LogP contribution in [0.5, 0.6) is 0 Å². The van der Waals surface area contributed by atoms with E-state index in [2.05, 4.69) is 10.3 Å². The van der Waals surface area contributed by atoms with Crippen molar-refractivity contribution in [2.75, 3.05) is 0 Å². The van der Waals surface area contributed by atoms with Crippen LogP contribution in [0, 0.1) is 17.8 Å². The molecule has 0 aromatic heterocycles. The van der Waals surface area contributed by atoms with Crippen molar-refractivity contribution in [1.82, 2.24) is 5.32 Å². The van der Waals surface area contributed by atoms with Gasteiger partial charge in [-0.05, 0) is 30.6 Å². The molecule has 1 aliphatic carbocycles. The molecular formula is C20H35N3O3. The third kappa shape index (κ3) is 8.59. The van der Waals surface area contributed by atoms with Gasteiger partial charge < -0.3 is 11.1 Å². The first-order valence-electron chi connectivity index (χ1n) is 9.89. The van der Waals surface area contributed by atoms with Gasteiger partial charge in [-0.15, -0.1) is 0 Å². The normalized spacial score (nSPS) is 17.4. The molecule has 0 heterocycles. The Hall–Kier alpha value is -1.72. The maximum atomic E-state index is 12.6. The molecule has 0 saturated heterocycles. The van der Waals surface area contributed by atoms with E-state index in [1.54, 1.807) is 0 Å². The SMILES string of the molecule is CC(C)CC(=O)N[C@@H](CC(C)C)C(=O)N=C(CC1CCCCC1)C(N)=O. The van der Waals surface area contributed by atoms with Gasteiger partial charge in [0.1, 0.15) is 11.8 Å². The standard InChI is InChI=1S/C20H35N3O3/c1-13(2)10-17(22-18(24)11-14(3)4)20(26)23-16(19(21)25)12-15-8-6-5-7-9-15/h13-15,17H,5-12H2,1-4H3,(H2,21,25)(H,22,24)/t17-/m0/s1. The Morgan fingerprint density at radius 1 is 1.04 bits per heavy atom. The number of hydrogen-bond donors (Lipinski definition) is 2. The fourth-order valence-electron chi connectivity index (χ4n) is 3.39. The highest BCUT2D eigenvalue weighted by Crippen LogP contribution is 2.26. The number of carbonyl (C=O) groups is 3. The topological polar surface area (TPSA) is 102 Å². The Labute approximate surface area is 157 Å². The van der Waals surface area contributed by atoms with Crippen LogP contribution >= 0.6 is 0 Å². The van der Waals surface area contributed by atoms with Gasteiger partial charge in [0.15, 0.2) is 0 Å². The molecule has 1 saturated carbocycles. The zero-order valence-corrected chi connectivity index (χ0v) is 16.7. The fraction of sp³-hybridized carbons (Fsp3) is 0.800. The third-order valence-corrected chi connectivity index (χ3v) is 4.67. The van der Waals surface area contributed by atoms with Crippen LogP contribution in [0.25, 0.3) is 0 Å². The van der Waals surface area contributed by atoms with Gasteiger partial charge >= 0.3 is 0 Å². The van der Waals surface area contributed by atoms with Crippen molar-refractivity contribution in [3.63, 3.8) is 0 Å². The molecule has 1 aliphatic rings. The number of nitrogens with two attached hydrogens (primary N) is 1. The first-order chi connectivity index (χ1) is 12.2. The largest absolute Gasteiger partial charge is 0.365 e. The molecular weight excluding hydrogens is 330 g/mol. The van der Waals surface area contributed by atoms with E-state index in [9.17, 15) is 14.4 Å². The van der Waals surface area contributed by atoms with Crippen LogP contribution < -0.4 is 11.1 Å². The van der Waals surface area contributed by atoms with Crippen molar-refractivity contribution in [2.24, 2.45) is 28.5 Å². The minimum Gasteiger partial charge on any atom is -0.365 e. The summed E-state index contributed by atoms with van der Waals surface area (Å²) in [6.45, 7) is 7.87. The lowest BCUT2D eigenvalue weighted by molar-refractivity contribution is -0.128. The summed E-state index contributed by atoms with van der Waals surface area (Å²) in [5, 5.41) is 2.78. The lowest BCUT2D eigenvalue weighted by atomic mass is 9.85. The van der Waals surface area contributed by atoms with Gasteiger partial charge in [-0.1, -0.05) is 59.8 Å². The van der Waals surface area contributed by atoms with E-state index < -0.39 is 17.9 Å². The predicted molar refractivity (Wildman–Crippen MR) is 104 cm³/mol. The number of nitrogens with zero attached hydrogens (tertiary/aromatic N) is 1. The molecule has 0 radical (unpaired) electrons. The van der Waals surface area contributed by atoms with Crippen LogP contribution in [0.1, 0.15) is 79.1 Å². The number of amides is 3. The van der Waals surface area contributed by atoms with Crippen molar-refractivity contribution < 1.29 is 14.4 Å². The maximum absolute atomic E-state index is 12.6. The lowest BCUT2D eigenvalue weighted by Gasteiger charge is -2.22. The molecule has 6 nitrogen and oxygen atoms in total. The summed E-state index contributed by atoms with van der Waals surface area (Å²) in [6, 6.07) is -0.707. The zero-order valence-electron chi connectivity index (χ0n) is 16.7. The van der Waals surface area contributed by atoms with E-state index in [1.807, 2.05) is 27.7 Å². The number of nitrogens with one attached hydrogen (secondary N) is 1. The monoisotopic (exact) mass is 365 g/mol. The van der Waals surface area contributed by atoms with Crippen molar-refractivity contribution in [2.45, 2.75) is 85.1 Å². The van der Waals surface area contributed by atoms with Gasteiger partial charge in [0.25, 0.3) is 11.8 Å². The highest BCUT2D eigenvalue weighted by molar-refractivity contribution is 6.40. The number of rotatable bonds is 9. The smallest absolute Gasteiger partial charge is 0.268 e. The third-order valence-electron chi connectivity index (χ3n) is 4.67. The summed E-state index contributed by atoms with van der Waals surface area (Å²) in [4.78, 5) is 40.5. The van der Waals surface area contributed by atoms with Crippen LogP contribution in [-0.4, -0.2) is 29.5 Å². The predicted octanol–water partition coefficient (Wildman–Crippen LogP) is 2.99. The molecule has 3 N–H and O–H groups in total. The van der Waals surface area contributed by atoms with E-state index >= 15 is 0 Å². The fourth-order valence-corrected chi connectivity index (χ4v) is 3.39. The summed E-state index contributed by atoms with van der Waals surface area (Å²) < 4.78 is 0. The van der Waals surface area contributed by atoms with Gasteiger partial charge in [-0.25, -0.2) is 4.99 Å². The second kappa shape index (κ2) is 11.1. The molecule has 0 unspecified atom stereocenters. The summed E-state index contributed by atoms with van der Waals surface area (Å²) >= 11 is 0. The molecule has 1 atom stereocenters. The second-order valence-corrected chi connectivity index (χ2v) is 8.32. The van der Waals surface area contributed by atoms with Gasteiger partial charge in [-0.3, -0.25) is 14.4 Å². The number of aliphatic imine (C=N–C) groups is 1. The quantitative estimate of drug-likeness (QED) is 0.614. The molecule has 1 rings (SSSR count). The molecule has 0 aromatic carbocycles. The summed E-state index contributed by atoms with van der Waals surface area (Å²) in [7, 11) is 0. The first-order valence-corrected chi connectivity index (χ1v) is 9.89. The van der Waals surface area contributed by atoms with Crippen molar-refractivity contribution in [3.8, 4) is 0 Å². The molecule has 6 heteroatoms. The number of primary amides is 1. The second-order valence-electron chi connectivity index (χ2n) is 8.32. The van der Waals surface area contributed by atoms with Crippen LogP contribution in [0.4, 0.5) is 0 Å². The number of carbonyl (C=O) groups excluding carboxylic acids is 3. The van der Waals surface area contributed by atoms with Gasteiger partial charge in [-0.2, -0.15) is 0 Å². The maximum Gasteiger partial charge on any atom is 0.268 e. The Morgan fingerprint density at radius 3 is 2.15 bits per heavy atom. The number of hydrogen-bond acceptors (Lipinski definition) is 3. The van der Waals surface area contributed by atoms with Gasteiger partial charge in [0, 0.05) is 6.42 Å². The average Bonchev–Trinajstić information content (AvgIpc) is 2.53. The van der Waals surface area contributed by atoms with Crippen molar-refractivity contribution >= 4 is 23.4 Å². The molecule has 0 aliphatic heterocycles. The van der Waals surface area contributed by atoms with E-state index in [4.69, 9.17) is 5.73 Å². The summed E-state index contributed by atoms with van der Waals surface area (Å²) in [5.41, 5.74) is 5.61. The van der Waals surface area contributed by atoms with Crippen LogP contribution in [0.3, 0.4) is 0 Å². The Kier molecular flexibility index (Phi) is 9.52. The minimum atomic E-state index is -0.707. The molecule has 26 heavy (non-hydrogen) atoms. The Morgan fingerprint density at radius 2 is 1.65 bits per heavy atom. The Bertz CT molecular complexity index is 520. The zero-order chi connectivity index (χ0) is 19.7. The summed E-state index contributed by atoms with van der Waals surface area (Å²) in [5.74, 6) is -0.486. The van der Waals surface area contributed by atoms with E-state index in [0.717, 1.165) is 25.7 Å². The molecule has 0 aromatic rings. The van der Waals surface area contributed by atoms with Crippen molar-refractivity contribution in [1.29, 1.82) is 0 Å². The van der Waals surface area contributed by atoms with Crippen molar-refractivity contribution in [3.05, 3.63) is 0 Å². The summed E-state index contributed by atoms with van der Waals surface area (Å²) in [6.07, 6.45) is 6.89. The highest BCUT2D eigenvalue weighted by Gasteiger charge is 2.25. The molecule has 0 bridgehead atoms. The molecule has 148 valence electrons. The molecule has 1 fully saturated rings. The van der Waals surface area contributed by atoms with E-state index in [0.29, 0.717) is 25.2 Å². The lowest BCUT2D eigenvalue weighted by Crippen LogP contribution is -2.42. The van der Waals surface area contributed by atoms with Crippen LogP contribution in [0.2, 0.25) is 0 Å². The van der Waals surface area contributed by atoms with E-state index in [1.165, 1.54) is 6.42 Å². The van der Waals surface area contributed by atoms with Crippen LogP contribution in [0.15, 0.2) is 4.99 Å².